The summed E-state index contributed by atoms with van der Waals surface area (Å²) in [5, 5.41) is 4.33. The summed E-state index contributed by atoms with van der Waals surface area (Å²) in [6.07, 6.45) is 5.19. The quantitative estimate of drug-likeness (QED) is 0.807. The number of thiocarbonyl (C=S) groups is 1. The van der Waals surface area contributed by atoms with Gasteiger partial charge in [-0.05, 0) is 42.6 Å². The number of benzene rings is 1. The lowest BCUT2D eigenvalue weighted by atomic mass is 10.0. The van der Waals surface area contributed by atoms with E-state index in [0.29, 0.717) is 5.92 Å². The molecule has 0 aliphatic carbocycles. The number of anilines is 1. The summed E-state index contributed by atoms with van der Waals surface area (Å²) < 4.78 is 0. The van der Waals surface area contributed by atoms with Crippen LogP contribution in [-0.4, -0.2) is 23.1 Å². The van der Waals surface area contributed by atoms with Crippen LogP contribution >= 0.6 is 12.2 Å². The zero-order valence-electron chi connectivity index (χ0n) is 12.0. The van der Waals surface area contributed by atoms with Gasteiger partial charge in [-0.25, -0.2) is 0 Å². The van der Waals surface area contributed by atoms with Crippen LogP contribution in [0.5, 0.6) is 0 Å². The molecular formula is C16H24N2S. The normalized spacial score (nSPS) is 16.3. The molecule has 1 aliphatic rings. The minimum absolute atomic E-state index is 0.510. The highest BCUT2D eigenvalue weighted by Gasteiger charge is 2.14. The third-order valence-electron chi connectivity index (χ3n) is 3.72. The van der Waals surface area contributed by atoms with E-state index in [1.54, 1.807) is 0 Å². The van der Waals surface area contributed by atoms with Crippen LogP contribution in [0.4, 0.5) is 5.69 Å². The molecule has 1 heterocycles. The molecule has 2 nitrogen and oxygen atoms in total. The molecule has 0 radical (unpaired) electrons. The minimum Gasteiger partial charge on any atom is -0.349 e. The Labute approximate surface area is 122 Å². The number of rotatable bonds is 2. The lowest BCUT2D eigenvalue weighted by Gasteiger charge is -2.25. The molecular weight excluding hydrogens is 252 g/mol. The molecule has 19 heavy (non-hydrogen) atoms. The van der Waals surface area contributed by atoms with E-state index in [4.69, 9.17) is 12.2 Å². The average molecular weight is 276 g/mol. The number of nitrogens with zero attached hydrogens (tertiary/aromatic N) is 1. The average Bonchev–Trinajstić information content (AvgIpc) is 2.68. The zero-order valence-corrected chi connectivity index (χ0v) is 12.8. The predicted molar refractivity (Wildman–Crippen MR) is 86.8 cm³/mol. The molecule has 2 rings (SSSR count). The highest BCUT2D eigenvalue weighted by atomic mass is 32.1. The van der Waals surface area contributed by atoms with Gasteiger partial charge in [-0.2, -0.15) is 0 Å². The van der Waals surface area contributed by atoms with Crippen molar-refractivity contribution in [2.75, 3.05) is 18.4 Å². The Morgan fingerprint density at radius 3 is 2.37 bits per heavy atom. The summed E-state index contributed by atoms with van der Waals surface area (Å²) in [5.41, 5.74) is 2.49. The van der Waals surface area contributed by atoms with E-state index in [1.165, 1.54) is 31.2 Å². The highest BCUT2D eigenvalue weighted by molar-refractivity contribution is 7.80. The van der Waals surface area contributed by atoms with Crippen LogP contribution in [0, 0.1) is 0 Å². The lowest BCUT2D eigenvalue weighted by Crippen LogP contribution is -2.35. The Bertz CT molecular complexity index is 421. The zero-order chi connectivity index (χ0) is 13.7. The van der Waals surface area contributed by atoms with Gasteiger partial charge in [0.2, 0.25) is 0 Å². The largest absolute Gasteiger partial charge is 0.349 e. The molecule has 1 aliphatic heterocycles. The lowest BCUT2D eigenvalue weighted by molar-refractivity contribution is 0.441. The fourth-order valence-corrected chi connectivity index (χ4v) is 2.87. The molecule has 1 saturated heterocycles. The van der Waals surface area contributed by atoms with Gasteiger partial charge in [-0.1, -0.05) is 44.9 Å². The van der Waals surface area contributed by atoms with Gasteiger partial charge in [-0.15, -0.1) is 0 Å². The van der Waals surface area contributed by atoms with Gasteiger partial charge >= 0.3 is 0 Å². The maximum absolute atomic E-state index is 5.58. The van der Waals surface area contributed by atoms with Gasteiger partial charge in [0.05, 0.1) is 0 Å². The van der Waals surface area contributed by atoms with Crippen molar-refractivity contribution in [2.24, 2.45) is 0 Å². The molecule has 1 fully saturated rings. The standard InChI is InChI=1S/C16H24N2S/c1-13(2)14-9-5-6-10-15(14)17-16(19)18-11-7-3-4-8-12-18/h5-6,9-10,13H,3-4,7-8,11-12H2,1-2H3,(H,17,19). The Hall–Kier alpha value is -1.09. The Morgan fingerprint density at radius 1 is 1.11 bits per heavy atom. The molecule has 0 unspecified atom stereocenters. The van der Waals surface area contributed by atoms with Gasteiger partial charge in [0.15, 0.2) is 5.11 Å². The summed E-state index contributed by atoms with van der Waals surface area (Å²) >= 11 is 5.58. The summed E-state index contributed by atoms with van der Waals surface area (Å²) in [5.74, 6) is 0.510. The van der Waals surface area contributed by atoms with E-state index in [0.717, 1.165) is 23.9 Å². The fourth-order valence-electron chi connectivity index (χ4n) is 2.58. The Balaban J connectivity index is 2.05. The molecule has 0 aromatic heterocycles. The molecule has 0 bridgehead atoms. The van der Waals surface area contributed by atoms with E-state index in [1.807, 2.05) is 0 Å². The molecule has 0 saturated carbocycles. The molecule has 3 heteroatoms. The second kappa shape index (κ2) is 6.90. The summed E-state index contributed by atoms with van der Waals surface area (Å²) in [6.45, 7) is 6.62. The summed E-state index contributed by atoms with van der Waals surface area (Å²) in [7, 11) is 0. The number of hydrogen-bond acceptors (Lipinski definition) is 1. The van der Waals surface area contributed by atoms with Gasteiger partial charge < -0.3 is 10.2 Å². The van der Waals surface area contributed by atoms with Crippen molar-refractivity contribution < 1.29 is 0 Å². The third-order valence-corrected chi connectivity index (χ3v) is 4.08. The van der Waals surface area contributed by atoms with Crippen molar-refractivity contribution in [1.29, 1.82) is 0 Å². The number of nitrogens with one attached hydrogen (secondary N) is 1. The second-order valence-corrected chi connectivity index (χ2v) is 5.96. The SMILES string of the molecule is CC(C)c1ccccc1NC(=S)N1CCCCCC1. The van der Waals surface area contributed by atoms with Crippen LogP contribution in [-0.2, 0) is 0 Å². The molecule has 0 spiro atoms. The van der Waals surface area contributed by atoms with Gasteiger partial charge in [-0.3, -0.25) is 0 Å². The molecule has 0 amide bonds. The van der Waals surface area contributed by atoms with Crippen molar-refractivity contribution >= 4 is 23.0 Å². The first-order valence-corrected chi connectivity index (χ1v) is 7.74. The first-order chi connectivity index (χ1) is 9.18. The van der Waals surface area contributed by atoms with Gasteiger partial charge in [0, 0.05) is 18.8 Å². The van der Waals surface area contributed by atoms with Crippen molar-refractivity contribution in [1.82, 2.24) is 4.90 Å². The molecule has 104 valence electrons. The second-order valence-electron chi connectivity index (χ2n) is 5.57. The fraction of sp³-hybridized carbons (Fsp3) is 0.562. The van der Waals surface area contributed by atoms with Crippen LogP contribution in [0.25, 0.3) is 0 Å². The first-order valence-electron chi connectivity index (χ1n) is 7.33. The highest BCUT2D eigenvalue weighted by Crippen LogP contribution is 2.24. The number of para-hydroxylation sites is 1. The van der Waals surface area contributed by atoms with E-state index < -0.39 is 0 Å². The summed E-state index contributed by atoms with van der Waals surface area (Å²) in [4.78, 5) is 2.32. The number of hydrogen-bond donors (Lipinski definition) is 1. The Kier molecular flexibility index (Phi) is 5.20. The topological polar surface area (TPSA) is 15.3 Å². The van der Waals surface area contributed by atoms with E-state index in [9.17, 15) is 0 Å². The van der Waals surface area contributed by atoms with Crippen LogP contribution in [0.3, 0.4) is 0 Å². The maximum Gasteiger partial charge on any atom is 0.173 e. The van der Waals surface area contributed by atoms with Crippen molar-refractivity contribution in [3.8, 4) is 0 Å². The van der Waals surface area contributed by atoms with Crippen molar-refractivity contribution in [2.45, 2.75) is 45.4 Å². The van der Waals surface area contributed by atoms with Crippen LogP contribution in [0.1, 0.15) is 51.0 Å². The van der Waals surface area contributed by atoms with E-state index in [-0.39, 0.29) is 0 Å². The summed E-state index contributed by atoms with van der Waals surface area (Å²) in [6, 6.07) is 8.46. The smallest absolute Gasteiger partial charge is 0.173 e. The van der Waals surface area contributed by atoms with E-state index in [2.05, 4.69) is 48.3 Å². The van der Waals surface area contributed by atoms with Crippen LogP contribution < -0.4 is 5.32 Å². The molecule has 1 aromatic rings. The number of likely N-dealkylation sites (tertiary alicyclic amines) is 1. The van der Waals surface area contributed by atoms with E-state index >= 15 is 0 Å². The molecule has 1 N–H and O–H groups in total. The Morgan fingerprint density at radius 2 is 1.74 bits per heavy atom. The monoisotopic (exact) mass is 276 g/mol. The third kappa shape index (κ3) is 3.93. The first kappa shape index (κ1) is 14.3. The predicted octanol–water partition coefficient (Wildman–Crippen LogP) is 4.38. The molecule has 1 aromatic carbocycles. The van der Waals surface area contributed by atoms with Crippen LogP contribution in [0.15, 0.2) is 24.3 Å². The van der Waals surface area contributed by atoms with Gasteiger partial charge in [0.1, 0.15) is 0 Å². The van der Waals surface area contributed by atoms with Crippen molar-refractivity contribution in [3.63, 3.8) is 0 Å². The van der Waals surface area contributed by atoms with Crippen LogP contribution in [0.2, 0.25) is 0 Å². The molecule has 0 atom stereocenters. The minimum atomic E-state index is 0.510. The van der Waals surface area contributed by atoms with Crippen molar-refractivity contribution in [3.05, 3.63) is 29.8 Å². The maximum atomic E-state index is 5.58. The van der Waals surface area contributed by atoms with Gasteiger partial charge in [0.25, 0.3) is 0 Å².